The van der Waals surface area contributed by atoms with E-state index in [1.807, 2.05) is 26.8 Å². The van der Waals surface area contributed by atoms with Crippen molar-refractivity contribution in [3.8, 4) is 0 Å². The Labute approximate surface area is 212 Å². The molecule has 1 aliphatic heterocycles. The van der Waals surface area contributed by atoms with Crippen LogP contribution in [0.4, 0.5) is 20.7 Å². The van der Waals surface area contributed by atoms with E-state index in [2.05, 4.69) is 30.5 Å². The van der Waals surface area contributed by atoms with Crippen LogP contribution in [0.3, 0.4) is 0 Å². The average molecular weight is 507 g/mol. The van der Waals surface area contributed by atoms with Gasteiger partial charge in [0.2, 0.25) is 0 Å². The summed E-state index contributed by atoms with van der Waals surface area (Å²) in [5.74, 6) is -1.04. The molecule has 37 heavy (non-hydrogen) atoms. The number of aromatic nitrogens is 5. The number of hydrogen-bond donors (Lipinski definition) is 1. The molecule has 1 fully saturated rings. The predicted molar refractivity (Wildman–Crippen MR) is 135 cm³/mol. The molecule has 4 aromatic rings. The van der Waals surface area contributed by atoms with E-state index in [-0.39, 0.29) is 23.1 Å². The van der Waals surface area contributed by atoms with Gasteiger partial charge in [-0.25, -0.2) is 18.7 Å². The van der Waals surface area contributed by atoms with Crippen LogP contribution < -0.4 is 10.2 Å². The lowest BCUT2D eigenvalue weighted by Crippen LogP contribution is -2.50. The summed E-state index contributed by atoms with van der Waals surface area (Å²) in [6.45, 7) is 9.39. The van der Waals surface area contributed by atoms with Gasteiger partial charge >= 0.3 is 6.09 Å². The third kappa shape index (κ3) is 4.99. The molecule has 3 aromatic heterocycles. The molecule has 4 heterocycles. The van der Waals surface area contributed by atoms with Crippen LogP contribution in [-0.2, 0) is 4.74 Å². The Morgan fingerprint density at radius 3 is 2.62 bits per heavy atom. The maximum atomic E-state index is 14.4. The predicted octanol–water partition coefficient (Wildman–Crippen LogP) is 3.43. The van der Waals surface area contributed by atoms with Crippen LogP contribution in [0.5, 0.6) is 0 Å². The van der Waals surface area contributed by atoms with Crippen molar-refractivity contribution >= 4 is 40.1 Å². The number of hydrogen-bond acceptors (Lipinski definition) is 8. The SMILES string of the molecule is Cc1cn2nc(NC(=O)c3cccc4c(N5CCN(C(=O)OC(C)(C)C)CC5)cnnc34)cc(F)c2n1. The second-order valence-electron chi connectivity index (χ2n) is 9.87. The number of nitrogens with zero attached hydrogens (tertiary/aromatic N) is 7. The van der Waals surface area contributed by atoms with Crippen molar-refractivity contribution in [1.29, 1.82) is 0 Å². The Balaban J connectivity index is 1.37. The smallest absolute Gasteiger partial charge is 0.410 e. The number of nitrogens with one attached hydrogen (secondary N) is 1. The second-order valence-corrected chi connectivity index (χ2v) is 9.87. The van der Waals surface area contributed by atoms with Crippen molar-refractivity contribution in [2.45, 2.75) is 33.3 Å². The van der Waals surface area contributed by atoms with E-state index in [4.69, 9.17) is 4.74 Å². The molecule has 0 aliphatic carbocycles. The second kappa shape index (κ2) is 9.26. The minimum absolute atomic E-state index is 0.0479. The number of amides is 2. The van der Waals surface area contributed by atoms with Crippen molar-refractivity contribution < 1.29 is 18.7 Å². The first-order chi connectivity index (χ1) is 17.6. The van der Waals surface area contributed by atoms with E-state index in [1.54, 1.807) is 36.4 Å². The van der Waals surface area contributed by atoms with Crippen LogP contribution >= 0.6 is 0 Å². The number of imidazole rings is 1. The quantitative estimate of drug-likeness (QED) is 0.449. The van der Waals surface area contributed by atoms with Crippen LogP contribution in [0.25, 0.3) is 16.6 Å². The minimum atomic E-state index is -0.594. The zero-order valence-corrected chi connectivity index (χ0v) is 21.0. The van der Waals surface area contributed by atoms with Crippen LogP contribution in [-0.4, -0.2) is 73.5 Å². The largest absolute Gasteiger partial charge is 0.444 e. The van der Waals surface area contributed by atoms with E-state index in [1.165, 1.54) is 4.52 Å². The first-order valence-electron chi connectivity index (χ1n) is 11.9. The molecule has 12 heteroatoms. The molecule has 192 valence electrons. The summed E-state index contributed by atoms with van der Waals surface area (Å²) in [5, 5.41) is 16.0. The van der Waals surface area contributed by atoms with Gasteiger partial charge in [-0.3, -0.25) is 4.79 Å². The molecule has 0 atom stereocenters. The number of benzene rings is 1. The van der Waals surface area contributed by atoms with Crippen LogP contribution in [0.15, 0.2) is 36.7 Å². The fourth-order valence-electron chi connectivity index (χ4n) is 4.26. The maximum absolute atomic E-state index is 14.4. The monoisotopic (exact) mass is 506 g/mol. The van der Waals surface area contributed by atoms with E-state index in [9.17, 15) is 14.0 Å². The van der Waals surface area contributed by atoms with Crippen LogP contribution in [0.2, 0.25) is 0 Å². The van der Waals surface area contributed by atoms with Crippen LogP contribution in [0, 0.1) is 12.7 Å². The fourth-order valence-corrected chi connectivity index (χ4v) is 4.26. The van der Waals surface area contributed by atoms with Gasteiger partial charge in [-0.15, -0.1) is 10.2 Å². The number of halogens is 1. The van der Waals surface area contributed by atoms with Crippen molar-refractivity contribution in [1.82, 2.24) is 29.7 Å². The molecule has 1 aliphatic rings. The zero-order chi connectivity index (χ0) is 26.3. The van der Waals surface area contributed by atoms with Gasteiger partial charge in [0.05, 0.1) is 29.3 Å². The first-order valence-corrected chi connectivity index (χ1v) is 11.9. The molecule has 1 aromatic carbocycles. The molecule has 5 rings (SSSR count). The van der Waals surface area contributed by atoms with Crippen molar-refractivity contribution in [2.75, 3.05) is 36.4 Å². The molecule has 0 unspecified atom stereocenters. The molecule has 2 amide bonds. The third-order valence-corrected chi connectivity index (χ3v) is 5.91. The number of carbonyl (C=O) groups excluding carboxylic acids is 2. The normalized spacial score (nSPS) is 14.3. The van der Waals surface area contributed by atoms with Gasteiger partial charge in [0.1, 0.15) is 11.1 Å². The summed E-state index contributed by atoms with van der Waals surface area (Å²) in [7, 11) is 0. The molecular weight excluding hydrogens is 479 g/mol. The van der Waals surface area contributed by atoms with E-state index < -0.39 is 17.3 Å². The first kappa shape index (κ1) is 24.3. The number of rotatable bonds is 3. The molecule has 1 saturated heterocycles. The topological polar surface area (TPSA) is 118 Å². The third-order valence-electron chi connectivity index (χ3n) is 5.91. The summed E-state index contributed by atoms with van der Waals surface area (Å²) in [5.41, 5.74) is 1.64. The Morgan fingerprint density at radius 1 is 1.14 bits per heavy atom. The number of fused-ring (bicyclic) bond motifs is 2. The molecular formula is C25H27FN8O3. The number of ether oxygens (including phenoxy) is 1. The number of carbonyl (C=O) groups is 2. The van der Waals surface area contributed by atoms with Crippen molar-refractivity contribution in [3.05, 3.63) is 53.7 Å². The van der Waals surface area contributed by atoms with Gasteiger partial charge in [-0.2, -0.15) is 5.10 Å². The van der Waals surface area contributed by atoms with Gasteiger partial charge in [-0.05, 0) is 33.8 Å². The Hall–Kier alpha value is -4.35. The highest BCUT2D eigenvalue weighted by Crippen LogP contribution is 2.28. The summed E-state index contributed by atoms with van der Waals surface area (Å²) in [4.78, 5) is 33.4. The maximum Gasteiger partial charge on any atom is 0.410 e. The highest BCUT2D eigenvalue weighted by molar-refractivity contribution is 6.13. The number of piperazine rings is 1. The Kier molecular flexibility index (Phi) is 6.10. The van der Waals surface area contributed by atoms with E-state index in [0.29, 0.717) is 37.4 Å². The average Bonchev–Trinajstić information content (AvgIpc) is 3.23. The number of aryl methyl sites for hydroxylation is 1. The van der Waals surface area contributed by atoms with Crippen molar-refractivity contribution in [3.63, 3.8) is 0 Å². The fraction of sp³-hybridized carbons (Fsp3) is 0.360. The van der Waals surface area contributed by atoms with Crippen molar-refractivity contribution in [2.24, 2.45) is 0 Å². The van der Waals surface area contributed by atoms with Gasteiger partial charge in [0, 0.05) is 37.6 Å². The summed E-state index contributed by atoms with van der Waals surface area (Å²) in [6.07, 6.45) is 2.89. The summed E-state index contributed by atoms with van der Waals surface area (Å²) >= 11 is 0. The summed E-state index contributed by atoms with van der Waals surface area (Å²) in [6, 6.07) is 6.39. The lowest BCUT2D eigenvalue weighted by Gasteiger charge is -2.36. The molecule has 1 N–H and O–H groups in total. The number of anilines is 2. The van der Waals surface area contributed by atoms with E-state index in [0.717, 1.165) is 17.1 Å². The lowest BCUT2D eigenvalue weighted by atomic mass is 10.1. The minimum Gasteiger partial charge on any atom is -0.444 e. The highest BCUT2D eigenvalue weighted by atomic mass is 19.1. The standard InChI is InChI=1S/C25H27FN8O3/c1-15-14-34-22(28-15)18(26)12-20(31-34)29-23(35)17-7-5-6-16-19(13-27-30-21(16)17)32-8-10-33(11-9-32)24(36)37-25(2,3)4/h5-7,12-14H,8-11H2,1-4H3,(H,29,31,35). The zero-order valence-electron chi connectivity index (χ0n) is 21.0. The van der Waals surface area contributed by atoms with Gasteiger partial charge in [-0.1, -0.05) is 12.1 Å². The molecule has 0 spiro atoms. The van der Waals surface area contributed by atoms with E-state index >= 15 is 0 Å². The summed E-state index contributed by atoms with van der Waals surface area (Å²) < 4.78 is 21.2. The Bertz CT molecular complexity index is 1510. The van der Waals surface area contributed by atoms with Gasteiger partial charge in [0.15, 0.2) is 17.3 Å². The molecule has 0 bridgehead atoms. The lowest BCUT2D eigenvalue weighted by molar-refractivity contribution is 0.0240. The molecule has 0 saturated carbocycles. The highest BCUT2D eigenvalue weighted by Gasteiger charge is 2.27. The van der Waals surface area contributed by atoms with Gasteiger partial charge in [0.25, 0.3) is 5.91 Å². The van der Waals surface area contributed by atoms with Gasteiger partial charge < -0.3 is 19.9 Å². The molecule has 11 nitrogen and oxygen atoms in total. The molecule has 0 radical (unpaired) electrons. The Morgan fingerprint density at radius 2 is 1.89 bits per heavy atom. The van der Waals surface area contributed by atoms with Crippen LogP contribution in [0.1, 0.15) is 36.8 Å².